The van der Waals surface area contributed by atoms with Crippen LogP contribution >= 0.6 is 12.2 Å². The van der Waals surface area contributed by atoms with Crippen molar-refractivity contribution in [2.45, 2.75) is 26.6 Å². The Bertz CT molecular complexity index is 1050. The van der Waals surface area contributed by atoms with Crippen LogP contribution in [0.3, 0.4) is 0 Å². The number of guanidine groups is 1. The minimum atomic E-state index is -4.40. The summed E-state index contributed by atoms with van der Waals surface area (Å²) in [6.07, 6.45) is -2.87. The predicted molar refractivity (Wildman–Crippen MR) is 116 cm³/mol. The van der Waals surface area contributed by atoms with E-state index >= 15 is 0 Å². The van der Waals surface area contributed by atoms with Crippen molar-refractivity contribution in [1.82, 2.24) is 15.3 Å². The van der Waals surface area contributed by atoms with Gasteiger partial charge in [0, 0.05) is 17.1 Å². The highest BCUT2D eigenvalue weighted by molar-refractivity contribution is 7.80. The summed E-state index contributed by atoms with van der Waals surface area (Å²) in [5, 5.41) is 8.78. The van der Waals surface area contributed by atoms with Gasteiger partial charge in [-0.15, -0.1) is 0 Å². The van der Waals surface area contributed by atoms with E-state index in [0.717, 1.165) is 23.5 Å². The van der Waals surface area contributed by atoms with Gasteiger partial charge in [0.05, 0.1) is 11.8 Å². The van der Waals surface area contributed by atoms with Crippen molar-refractivity contribution >= 4 is 34.9 Å². The molecule has 0 saturated carbocycles. The molecule has 2 heterocycles. The number of hydrogen-bond donors (Lipinski definition) is 3. The number of aryl methyl sites for hydroxylation is 2. The highest BCUT2D eigenvalue weighted by Crippen LogP contribution is 2.29. The van der Waals surface area contributed by atoms with Crippen LogP contribution in [0.5, 0.6) is 0 Å². The minimum absolute atomic E-state index is 0.120. The van der Waals surface area contributed by atoms with Gasteiger partial charge in [0.25, 0.3) is 0 Å². The lowest BCUT2D eigenvalue weighted by Crippen LogP contribution is -2.39. The van der Waals surface area contributed by atoms with Gasteiger partial charge < -0.3 is 15.1 Å². The molecule has 0 aliphatic rings. The number of nitrogens with one attached hydrogen (secondary N) is 3. The highest BCUT2D eigenvalue weighted by atomic mass is 32.1. The molecule has 7 nitrogen and oxygen atoms in total. The molecular weight excluding hydrogens is 429 g/mol. The first-order valence-corrected chi connectivity index (χ1v) is 9.51. The van der Waals surface area contributed by atoms with Crippen LogP contribution in [0.25, 0.3) is 0 Å². The zero-order valence-electron chi connectivity index (χ0n) is 16.6. The average Bonchev–Trinajstić information content (AvgIpc) is 3.18. The molecule has 0 atom stereocenters. The third kappa shape index (κ3) is 6.78. The molecule has 0 aliphatic carbocycles. The molecule has 31 heavy (non-hydrogen) atoms. The van der Waals surface area contributed by atoms with Crippen molar-refractivity contribution in [1.29, 1.82) is 0 Å². The van der Waals surface area contributed by atoms with Crippen LogP contribution in [0.1, 0.15) is 22.7 Å². The molecule has 0 radical (unpaired) electrons. The second-order valence-electron chi connectivity index (χ2n) is 6.50. The molecule has 0 bridgehead atoms. The van der Waals surface area contributed by atoms with Crippen LogP contribution in [0.2, 0.25) is 0 Å². The third-order valence-electron chi connectivity index (χ3n) is 3.89. The lowest BCUT2D eigenvalue weighted by atomic mass is 10.2. The Morgan fingerprint density at radius 2 is 1.74 bits per heavy atom. The van der Waals surface area contributed by atoms with Gasteiger partial charge >= 0.3 is 6.18 Å². The Balaban J connectivity index is 1.72. The van der Waals surface area contributed by atoms with Crippen LogP contribution < -0.4 is 16.0 Å². The van der Waals surface area contributed by atoms with E-state index in [1.54, 1.807) is 12.1 Å². The first-order valence-electron chi connectivity index (χ1n) is 9.10. The summed E-state index contributed by atoms with van der Waals surface area (Å²) in [6, 6.07) is 9.86. The van der Waals surface area contributed by atoms with E-state index in [2.05, 4.69) is 30.9 Å². The number of aliphatic imine (C=N–C) groups is 1. The fraction of sp³-hybridized carbons (Fsp3) is 0.200. The normalized spacial score (nSPS) is 11.8. The van der Waals surface area contributed by atoms with Crippen molar-refractivity contribution in [3.05, 3.63) is 71.4 Å². The summed E-state index contributed by atoms with van der Waals surface area (Å²) in [5.41, 5.74) is 1.18. The van der Waals surface area contributed by atoms with E-state index in [1.807, 2.05) is 19.9 Å². The van der Waals surface area contributed by atoms with Crippen molar-refractivity contribution in [2.75, 3.05) is 10.6 Å². The Hall–Kier alpha value is -3.47. The summed E-state index contributed by atoms with van der Waals surface area (Å²) >= 11 is 5.27. The van der Waals surface area contributed by atoms with Crippen molar-refractivity contribution in [2.24, 2.45) is 4.99 Å². The second-order valence-corrected chi connectivity index (χ2v) is 6.91. The molecule has 3 aromatic rings. The molecule has 0 fully saturated rings. The molecule has 11 heteroatoms. The van der Waals surface area contributed by atoms with E-state index < -0.39 is 11.7 Å². The van der Waals surface area contributed by atoms with Crippen LogP contribution in [-0.4, -0.2) is 21.0 Å². The molecule has 0 unspecified atom stereocenters. The molecule has 0 spiro atoms. The second kappa shape index (κ2) is 9.56. The van der Waals surface area contributed by atoms with Gasteiger partial charge in [-0.05, 0) is 68.5 Å². The number of hydrogen-bond acceptors (Lipinski definition) is 5. The lowest BCUT2D eigenvalue weighted by Gasteiger charge is -2.14. The molecular formula is C20H19F3N6OS. The minimum Gasteiger partial charge on any atom is -0.467 e. The standard InChI is InChI=1S/C20H19F3N6OS/c1-12-10-13(2)26-18(25-12)28-17(24-11-16-4-3-9-30-16)29-19(31)27-15-7-5-14(6-8-15)20(21,22)23/h3-10H,11H2,1-2H3,(H3,24,25,26,27,28,29,31). The Kier molecular flexibility index (Phi) is 6.85. The maximum atomic E-state index is 12.7. The summed E-state index contributed by atoms with van der Waals surface area (Å²) in [4.78, 5) is 13.0. The number of aromatic nitrogens is 2. The summed E-state index contributed by atoms with van der Waals surface area (Å²) < 4.78 is 43.4. The van der Waals surface area contributed by atoms with E-state index in [4.69, 9.17) is 16.6 Å². The van der Waals surface area contributed by atoms with Crippen molar-refractivity contribution in [3.8, 4) is 0 Å². The topological polar surface area (TPSA) is 87.4 Å². The summed E-state index contributed by atoms with van der Waals surface area (Å²) in [5.74, 6) is 1.19. The number of halogens is 3. The average molecular weight is 448 g/mol. The molecule has 162 valence electrons. The maximum absolute atomic E-state index is 12.7. The zero-order chi connectivity index (χ0) is 22.4. The van der Waals surface area contributed by atoms with Crippen LogP contribution in [-0.2, 0) is 12.7 Å². The fourth-order valence-electron chi connectivity index (χ4n) is 2.57. The molecule has 3 N–H and O–H groups in total. The largest absolute Gasteiger partial charge is 0.467 e. The van der Waals surface area contributed by atoms with E-state index in [9.17, 15) is 13.2 Å². The molecule has 0 aliphatic heterocycles. The smallest absolute Gasteiger partial charge is 0.416 e. The lowest BCUT2D eigenvalue weighted by molar-refractivity contribution is -0.137. The number of benzene rings is 1. The molecule has 0 saturated heterocycles. The van der Waals surface area contributed by atoms with Gasteiger partial charge in [-0.25, -0.2) is 15.0 Å². The molecule has 0 amide bonds. The van der Waals surface area contributed by atoms with Crippen molar-refractivity contribution < 1.29 is 17.6 Å². The Morgan fingerprint density at radius 1 is 1.06 bits per heavy atom. The Labute approximate surface area is 181 Å². The number of anilines is 2. The quantitative estimate of drug-likeness (QED) is 0.304. The fourth-order valence-corrected chi connectivity index (χ4v) is 2.78. The maximum Gasteiger partial charge on any atom is 0.416 e. The third-order valence-corrected chi connectivity index (χ3v) is 4.09. The van der Waals surface area contributed by atoms with Gasteiger partial charge in [0.15, 0.2) is 5.11 Å². The van der Waals surface area contributed by atoms with E-state index in [-0.39, 0.29) is 17.6 Å². The highest BCUT2D eigenvalue weighted by Gasteiger charge is 2.29. The van der Waals surface area contributed by atoms with Gasteiger partial charge in [-0.1, -0.05) is 0 Å². The van der Waals surface area contributed by atoms with Gasteiger partial charge in [-0.3, -0.25) is 5.32 Å². The van der Waals surface area contributed by atoms with Crippen LogP contribution in [0.4, 0.5) is 24.8 Å². The number of furan rings is 1. The SMILES string of the molecule is Cc1cc(C)nc(NC(=NCc2ccco2)NC(=S)Nc2ccc(C(F)(F)F)cc2)n1. The summed E-state index contributed by atoms with van der Waals surface area (Å²) in [7, 11) is 0. The predicted octanol–water partition coefficient (Wildman–Crippen LogP) is 4.66. The first-order chi connectivity index (χ1) is 14.7. The van der Waals surface area contributed by atoms with Crippen LogP contribution in [0, 0.1) is 13.8 Å². The molecule has 2 aromatic heterocycles. The Morgan fingerprint density at radius 3 is 2.32 bits per heavy atom. The zero-order valence-corrected chi connectivity index (χ0v) is 17.4. The summed E-state index contributed by atoms with van der Waals surface area (Å²) in [6.45, 7) is 3.89. The number of rotatable bonds is 4. The van der Waals surface area contributed by atoms with Gasteiger partial charge in [0.1, 0.15) is 12.3 Å². The van der Waals surface area contributed by atoms with E-state index in [0.29, 0.717) is 17.4 Å². The monoisotopic (exact) mass is 448 g/mol. The van der Waals surface area contributed by atoms with E-state index in [1.165, 1.54) is 18.4 Å². The van der Waals surface area contributed by atoms with Crippen LogP contribution in [0.15, 0.2) is 58.1 Å². The number of nitrogens with zero attached hydrogens (tertiary/aromatic N) is 3. The van der Waals surface area contributed by atoms with Gasteiger partial charge in [-0.2, -0.15) is 13.2 Å². The first kappa shape index (κ1) is 22.2. The number of alkyl halides is 3. The molecule has 1 aromatic carbocycles. The number of thiocarbonyl (C=S) groups is 1. The van der Waals surface area contributed by atoms with Gasteiger partial charge in [0.2, 0.25) is 11.9 Å². The molecule has 3 rings (SSSR count). The van der Waals surface area contributed by atoms with Crippen molar-refractivity contribution in [3.63, 3.8) is 0 Å².